The SMILES string of the molecule is CCC1CCN(c2cc(Br)ccc2C(F)(F)F)C(CN)C1. The van der Waals surface area contributed by atoms with E-state index >= 15 is 0 Å². The topological polar surface area (TPSA) is 29.3 Å². The van der Waals surface area contributed by atoms with Gasteiger partial charge in [-0.2, -0.15) is 13.2 Å². The predicted octanol–water partition coefficient (Wildman–Crippen LogP) is 4.42. The van der Waals surface area contributed by atoms with Gasteiger partial charge in [-0.15, -0.1) is 0 Å². The lowest BCUT2D eigenvalue weighted by Gasteiger charge is -2.41. The van der Waals surface area contributed by atoms with Crippen molar-refractivity contribution in [1.29, 1.82) is 0 Å². The maximum atomic E-state index is 13.2. The van der Waals surface area contributed by atoms with Crippen LogP contribution in [-0.4, -0.2) is 19.1 Å². The highest BCUT2D eigenvalue weighted by atomic mass is 79.9. The van der Waals surface area contributed by atoms with Gasteiger partial charge in [0, 0.05) is 23.6 Å². The van der Waals surface area contributed by atoms with Crippen molar-refractivity contribution >= 4 is 21.6 Å². The van der Waals surface area contributed by atoms with E-state index in [0.29, 0.717) is 23.5 Å². The largest absolute Gasteiger partial charge is 0.418 e. The van der Waals surface area contributed by atoms with Crippen LogP contribution in [0.5, 0.6) is 0 Å². The van der Waals surface area contributed by atoms with Crippen molar-refractivity contribution in [2.24, 2.45) is 11.7 Å². The smallest absolute Gasteiger partial charge is 0.367 e. The first-order valence-corrected chi connectivity index (χ1v) is 7.99. The highest BCUT2D eigenvalue weighted by Gasteiger charge is 2.37. The van der Waals surface area contributed by atoms with Crippen LogP contribution in [0.3, 0.4) is 0 Å². The van der Waals surface area contributed by atoms with Crippen molar-refractivity contribution in [3.05, 3.63) is 28.2 Å². The minimum absolute atomic E-state index is 0.0286. The lowest BCUT2D eigenvalue weighted by molar-refractivity contribution is -0.137. The molecule has 6 heteroatoms. The van der Waals surface area contributed by atoms with Gasteiger partial charge in [-0.3, -0.25) is 0 Å². The van der Waals surface area contributed by atoms with Crippen molar-refractivity contribution < 1.29 is 13.2 Å². The Hall–Kier alpha value is -0.750. The molecule has 1 aromatic carbocycles. The van der Waals surface area contributed by atoms with Crippen LogP contribution in [0.15, 0.2) is 22.7 Å². The summed E-state index contributed by atoms with van der Waals surface area (Å²) in [6.45, 7) is 3.12. The summed E-state index contributed by atoms with van der Waals surface area (Å²) in [4.78, 5) is 1.83. The van der Waals surface area contributed by atoms with Gasteiger partial charge in [-0.1, -0.05) is 29.3 Å². The molecule has 2 rings (SSSR count). The Bertz CT molecular complexity index is 490. The van der Waals surface area contributed by atoms with Crippen molar-refractivity contribution in [1.82, 2.24) is 0 Å². The lowest BCUT2D eigenvalue weighted by Crippen LogP contribution is -2.47. The van der Waals surface area contributed by atoms with Crippen LogP contribution in [0.1, 0.15) is 31.7 Å². The molecule has 118 valence electrons. The van der Waals surface area contributed by atoms with Gasteiger partial charge >= 0.3 is 6.18 Å². The fourth-order valence-electron chi connectivity index (χ4n) is 3.03. The third-order valence-corrected chi connectivity index (χ3v) is 4.74. The average molecular weight is 365 g/mol. The van der Waals surface area contributed by atoms with E-state index in [1.807, 2.05) is 4.90 Å². The molecule has 2 N–H and O–H groups in total. The highest BCUT2D eigenvalue weighted by molar-refractivity contribution is 9.10. The summed E-state index contributed by atoms with van der Waals surface area (Å²) in [6, 6.07) is 4.10. The zero-order valence-corrected chi connectivity index (χ0v) is 13.5. The van der Waals surface area contributed by atoms with Crippen LogP contribution in [0.4, 0.5) is 18.9 Å². The van der Waals surface area contributed by atoms with Gasteiger partial charge < -0.3 is 10.6 Å². The van der Waals surface area contributed by atoms with Crippen LogP contribution in [0.25, 0.3) is 0 Å². The minimum Gasteiger partial charge on any atom is -0.367 e. The third-order valence-electron chi connectivity index (χ3n) is 4.25. The molecule has 21 heavy (non-hydrogen) atoms. The zero-order valence-electron chi connectivity index (χ0n) is 12.0. The average Bonchev–Trinajstić information content (AvgIpc) is 2.45. The molecule has 1 aromatic rings. The molecule has 0 saturated carbocycles. The fourth-order valence-corrected chi connectivity index (χ4v) is 3.38. The maximum Gasteiger partial charge on any atom is 0.418 e. The van der Waals surface area contributed by atoms with Gasteiger partial charge in [0.15, 0.2) is 0 Å². The van der Waals surface area contributed by atoms with Gasteiger partial charge in [-0.05, 0) is 37.0 Å². The Labute approximate surface area is 131 Å². The molecule has 2 nitrogen and oxygen atoms in total. The van der Waals surface area contributed by atoms with Gasteiger partial charge in [0.05, 0.1) is 11.3 Å². The van der Waals surface area contributed by atoms with Crippen molar-refractivity contribution in [3.63, 3.8) is 0 Å². The van der Waals surface area contributed by atoms with Crippen molar-refractivity contribution in [2.75, 3.05) is 18.0 Å². The summed E-state index contributed by atoms with van der Waals surface area (Å²) in [5.74, 6) is 0.552. The van der Waals surface area contributed by atoms with Gasteiger partial charge in [-0.25, -0.2) is 0 Å². The summed E-state index contributed by atoms with van der Waals surface area (Å²) in [6.07, 6.45) is -1.53. The van der Waals surface area contributed by atoms with E-state index in [4.69, 9.17) is 5.73 Å². The van der Waals surface area contributed by atoms with E-state index in [1.165, 1.54) is 6.07 Å². The molecule has 0 amide bonds. The molecule has 1 heterocycles. The summed E-state index contributed by atoms with van der Waals surface area (Å²) in [5.41, 5.74) is 5.46. The Balaban J connectivity index is 2.38. The summed E-state index contributed by atoms with van der Waals surface area (Å²) < 4.78 is 40.4. The summed E-state index contributed by atoms with van der Waals surface area (Å²) >= 11 is 3.27. The van der Waals surface area contributed by atoms with E-state index in [-0.39, 0.29) is 11.7 Å². The molecule has 0 spiro atoms. The number of nitrogens with two attached hydrogens (primary N) is 1. The first-order valence-electron chi connectivity index (χ1n) is 7.20. The zero-order chi connectivity index (χ0) is 15.6. The number of rotatable bonds is 3. The van der Waals surface area contributed by atoms with Crippen molar-refractivity contribution in [2.45, 2.75) is 38.4 Å². The molecule has 1 saturated heterocycles. The maximum absolute atomic E-state index is 13.2. The quantitative estimate of drug-likeness (QED) is 0.859. The second kappa shape index (κ2) is 6.57. The van der Waals surface area contributed by atoms with Crippen molar-refractivity contribution in [3.8, 4) is 0 Å². The lowest BCUT2D eigenvalue weighted by atomic mass is 9.88. The molecule has 1 fully saturated rings. The van der Waals surface area contributed by atoms with Gasteiger partial charge in [0.2, 0.25) is 0 Å². The standard InChI is InChI=1S/C15H20BrF3N2/c1-2-10-5-6-21(12(7-10)9-20)14-8-11(16)3-4-13(14)15(17,18)19/h3-4,8,10,12H,2,5-7,9,20H2,1H3. The first-order chi connectivity index (χ1) is 9.86. The number of piperidine rings is 1. The molecule has 1 aliphatic rings. The molecule has 0 radical (unpaired) electrons. The second-order valence-electron chi connectivity index (χ2n) is 5.54. The summed E-state index contributed by atoms with van der Waals surface area (Å²) in [7, 11) is 0. The van der Waals surface area contributed by atoms with Crippen LogP contribution >= 0.6 is 15.9 Å². The second-order valence-corrected chi connectivity index (χ2v) is 6.46. The molecule has 0 aliphatic carbocycles. The van der Waals surface area contributed by atoms with Crippen LogP contribution in [0, 0.1) is 5.92 Å². The van der Waals surface area contributed by atoms with Gasteiger partial charge in [0.25, 0.3) is 0 Å². The van der Waals surface area contributed by atoms with Crippen LogP contribution in [0.2, 0.25) is 0 Å². The van der Waals surface area contributed by atoms with E-state index in [1.54, 1.807) is 6.07 Å². The Kier molecular flexibility index (Phi) is 5.20. The number of nitrogens with zero attached hydrogens (tertiary/aromatic N) is 1. The molecule has 0 bridgehead atoms. The molecular weight excluding hydrogens is 345 g/mol. The van der Waals surface area contributed by atoms with E-state index in [2.05, 4.69) is 22.9 Å². The number of benzene rings is 1. The normalized spacial score (nSPS) is 23.4. The minimum atomic E-state index is -4.35. The molecule has 2 unspecified atom stereocenters. The van der Waals surface area contributed by atoms with Crippen LogP contribution in [-0.2, 0) is 6.18 Å². The van der Waals surface area contributed by atoms with E-state index < -0.39 is 11.7 Å². The Morgan fingerprint density at radius 1 is 1.38 bits per heavy atom. The molecule has 0 aromatic heterocycles. The molecule has 2 atom stereocenters. The van der Waals surface area contributed by atoms with Gasteiger partial charge in [0.1, 0.15) is 0 Å². The number of hydrogen-bond acceptors (Lipinski definition) is 2. The van der Waals surface area contributed by atoms with Crippen LogP contribution < -0.4 is 10.6 Å². The molecule has 1 aliphatic heterocycles. The fraction of sp³-hybridized carbons (Fsp3) is 0.600. The number of halogens is 4. The number of alkyl halides is 3. The number of anilines is 1. The summed E-state index contributed by atoms with van der Waals surface area (Å²) in [5, 5.41) is 0. The predicted molar refractivity (Wildman–Crippen MR) is 82.3 cm³/mol. The Morgan fingerprint density at radius 2 is 2.10 bits per heavy atom. The highest BCUT2D eigenvalue weighted by Crippen LogP contribution is 2.40. The van der Waals surface area contributed by atoms with E-state index in [9.17, 15) is 13.2 Å². The van der Waals surface area contributed by atoms with E-state index in [0.717, 1.165) is 25.3 Å². The molecular formula is C15H20BrF3N2. The third kappa shape index (κ3) is 3.72. The number of hydrogen-bond donors (Lipinski definition) is 1. The monoisotopic (exact) mass is 364 g/mol. The first kappa shape index (κ1) is 16.6. The Morgan fingerprint density at radius 3 is 2.67 bits per heavy atom.